The molecule has 0 radical (unpaired) electrons. The van der Waals surface area contributed by atoms with Crippen LogP contribution in [0.3, 0.4) is 0 Å². The normalized spacial score (nSPS) is 14.4. The van der Waals surface area contributed by atoms with Crippen molar-refractivity contribution in [3.05, 3.63) is 35.9 Å². The Balaban J connectivity index is 2.34. The van der Waals surface area contributed by atoms with Gasteiger partial charge < -0.3 is 9.74 Å². The summed E-state index contributed by atoms with van der Waals surface area (Å²) in [7, 11) is -1.64. The predicted molar refractivity (Wildman–Crippen MR) is 85.9 cm³/mol. The molecule has 1 aromatic carbocycles. The number of benzene rings is 1. The second-order valence-electron chi connectivity index (χ2n) is 6.81. The van der Waals surface area contributed by atoms with E-state index >= 15 is 0 Å². The van der Waals surface area contributed by atoms with E-state index in [-0.39, 0.29) is 11.1 Å². The van der Waals surface area contributed by atoms with Gasteiger partial charge in [0.1, 0.15) is 0 Å². The molecule has 108 valence electrons. The molecule has 0 heterocycles. The molecule has 19 heavy (non-hydrogen) atoms. The second kappa shape index (κ2) is 6.68. The summed E-state index contributed by atoms with van der Waals surface area (Å²) in [4.78, 5) is 0. The Labute approximate surface area is 119 Å². The fraction of sp³-hybridized carbons (Fsp3) is 0.625. The van der Waals surface area contributed by atoms with Crippen molar-refractivity contribution in [3.8, 4) is 0 Å². The molecule has 2 nitrogen and oxygen atoms in total. The SMILES string of the molecule is CC(CNCc1ccccc1)O[Si](C)(C)C(C)(C)C. The summed E-state index contributed by atoms with van der Waals surface area (Å²) in [6.07, 6.45) is 0.268. The zero-order valence-electron chi connectivity index (χ0n) is 13.3. The highest BCUT2D eigenvalue weighted by molar-refractivity contribution is 6.74. The molecule has 3 heteroatoms. The minimum absolute atomic E-state index is 0.268. The molecular weight excluding hydrogens is 250 g/mol. The maximum absolute atomic E-state index is 6.32. The topological polar surface area (TPSA) is 21.3 Å². The summed E-state index contributed by atoms with van der Waals surface area (Å²) in [6.45, 7) is 15.4. The first-order chi connectivity index (χ1) is 8.72. The monoisotopic (exact) mass is 279 g/mol. The third-order valence-electron chi connectivity index (χ3n) is 3.91. The maximum Gasteiger partial charge on any atom is 0.192 e. The van der Waals surface area contributed by atoms with E-state index < -0.39 is 8.32 Å². The van der Waals surface area contributed by atoms with E-state index in [1.807, 2.05) is 6.07 Å². The molecular formula is C16H29NOSi. The fourth-order valence-electron chi connectivity index (χ4n) is 1.74. The van der Waals surface area contributed by atoms with Gasteiger partial charge >= 0.3 is 0 Å². The van der Waals surface area contributed by atoms with E-state index in [1.54, 1.807) is 0 Å². The number of rotatable bonds is 6. The Bertz CT molecular complexity index is 370. The lowest BCUT2D eigenvalue weighted by Crippen LogP contribution is -2.45. The average molecular weight is 280 g/mol. The summed E-state index contributed by atoms with van der Waals surface area (Å²) >= 11 is 0. The van der Waals surface area contributed by atoms with Crippen molar-refractivity contribution >= 4 is 8.32 Å². The molecule has 0 saturated carbocycles. The van der Waals surface area contributed by atoms with Gasteiger partial charge in [-0.1, -0.05) is 51.1 Å². The molecule has 0 aliphatic rings. The van der Waals surface area contributed by atoms with Crippen LogP contribution in [0.1, 0.15) is 33.3 Å². The van der Waals surface area contributed by atoms with Crippen LogP contribution in [0.25, 0.3) is 0 Å². The smallest absolute Gasteiger partial charge is 0.192 e. The predicted octanol–water partition coefficient (Wildman–Crippen LogP) is 4.19. The van der Waals surface area contributed by atoms with Crippen molar-refractivity contribution in [1.29, 1.82) is 0 Å². The van der Waals surface area contributed by atoms with Gasteiger partial charge in [0, 0.05) is 13.1 Å². The number of hydrogen-bond donors (Lipinski definition) is 1. The van der Waals surface area contributed by atoms with Gasteiger partial charge in [0.2, 0.25) is 0 Å². The Hall–Kier alpha value is -0.643. The Morgan fingerprint density at radius 2 is 1.74 bits per heavy atom. The summed E-state index contributed by atoms with van der Waals surface area (Å²) in [6, 6.07) is 10.5. The van der Waals surface area contributed by atoms with Crippen LogP contribution in [0.4, 0.5) is 0 Å². The summed E-state index contributed by atoms with van der Waals surface area (Å²) in [5.41, 5.74) is 1.32. The van der Waals surface area contributed by atoms with Gasteiger partial charge in [-0.15, -0.1) is 0 Å². The highest BCUT2D eigenvalue weighted by Crippen LogP contribution is 2.37. The highest BCUT2D eigenvalue weighted by Gasteiger charge is 2.38. The second-order valence-corrected chi connectivity index (χ2v) is 11.6. The minimum Gasteiger partial charge on any atom is -0.413 e. The first kappa shape index (κ1) is 16.4. The lowest BCUT2D eigenvalue weighted by molar-refractivity contribution is 0.195. The minimum atomic E-state index is -1.64. The largest absolute Gasteiger partial charge is 0.413 e. The van der Waals surface area contributed by atoms with Crippen LogP contribution in [-0.2, 0) is 11.0 Å². The van der Waals surface area contributed by atoms with Crippen LogP contribution in [0, 0.1) is 0 Å². The van der Waals surface area contributed by atoms with Crippen LogP contribution in [0.5, 0.6) is 0 Å². The highest BCUT2D eigenvalue weighted by atomic mass is 28.4. The first-order valence-electron chi connectivity index (χ1n) is 7.15. The van der Waals surface area contributed by atoms with Crippen LogP contribution < -0.4 is 5.32 Å². The van der Waals surface area contributed by atoms with E-state index in [1.165, 1.54) is 5.56 Å². The van der Waals surface area contributed by atoms with Gasteiger partial charge in [0.15, 0.2) is 8.32 Å². The van der Waals surface area contributed by atoms with E-state index in [0.717, 1.165) is 13.1 Å². The third kappa shape index (κ3) is 5.47. The molecule has 0 aliphatic heterocycles. The summed E-state index contributed by atoms with van der Waals surface area (Å²) < 4.78 is 6.32. The summed E-state index contributed by atoms with van der Waals surface area (Å²) in [5, 5.41) is 3.75. The van der Waals surface area contributed by atoms with Crippen LogP contribution in [-0.4, -0.2) is 21.0 Å². The number of hydrogen-bond acceptors (Lipinski definition) is 2. The standard InChI is InChI=1S/C16H29NOSi/c1-14(18-19(5,6)16(2,3)4)12-17-13-15-10-8-7-9-11-15/h7-11,14,17H,12-13H2,1-6H3. The molecule has 1 atom stereocenters. The van der Waals surface area contributed by atoms with Gasteiger partial charge in [-0.3, -0.25) is 0 Å². The van der Waals surface area contributed by atoms with Crippen LogP contribution in [0.15, 0.2) is 30.3 Å². The zero-order valence-corrected chi connectivity index (χ0v) is 14.3. The van der Waals surface area contributed by atoms with E-state index in [4.69, 9.17) is 4.43 Å². The average Bonchev–Trinajstić information content (AvgIpc) is 2.28. The van der Waals surface area contributed by atoms with Crippen LogP contribution in [0.2, 0.25) is 18.1 Å². The van der Waals surface area contributed by atoms with Gasteiger partial charge in [-0.2, -0.15) is 0 Å². The fourth-order valence-corrected chi connectivity index (χ4v) is 3.18. The quantitative estimate of drug-likeness (QED) is 0.789. The maximum atomic E-state index is 6.32. The lowest BCUT2D eigenvalue weighted by atomic mass is 10.2. The first-order valence-corrected chi connectivity index (χ1v) is 10.1. The molecule has 0 saturated heterocycles. The lowest BCUT2D eigenvalue weighted by Gasteiger charge is -2.38. The molecule has 1 N–H and O–H groups in total. The molecule has 0 aliphatic carbocycles. The molecule has 1 aromatic rings. The Morgan fingerprint density at radius 1 is 1.16 bits per heavy atom. The van der Waals surface area contributed by atoms with Crippen molar-refractivity contribution in [2.75, 3.05) is 6.54 Å². The van der Waals surface area contributed by atoms with Gasteiger partial charge in [0.05, 0.1) is 6.10 Å². The van der Waals surface area contributed by atoms with Gasteiger partial charge in [-0.25, -0.2) is 0 Å². The Morgan fingerprint density at radius 3 is 2.26 bits per heavy atom. The molecule has 1 rings (SSSR count). The molecule has 1 unspecified atom stereocenters. The van der Waals surface area contributed by atoms with Crippen molar-refractivity contribution in [2.45, 2.75) is 58.5 Å². The zero-order chi connectivity index (χ0) is 14.5. The summed E-state index contributed by atoms with van der Waals surface area (Å²) in [5.74, 6) is 0. The van der Waals surface area contributed by atoms with Crippen molar-refractivity contribution in [2.24, 2.45) is 0 Å². The van der Waals surface area contributed by atoms with Crippen molar-refractivity contribution in [1.82, 2.24) is 5.32 Å². The van der Waals surface area contributed by atoms with E-state index in [0.29, 0.717) is 0 Å². The molecule has 0 aromatic heterocycles. The number of nitrogens with one attached hydrogen (secondary N) is 1. The molecule has 0 bridgehead atoms. The van der Waals surface area contributed by atoms with Gasteiger partial charge in [0.25, 0.3) is 0 Å². The Kier molecular flexibility index (Phi) is 5.77. The van der Waals surface area contributed by atoms with E-state index in [2.05, 4.69) is 70.4 Å². The van der Waals surface area contributed by atoms with Crippen LogP contribution >= 0.6 is 0 Å². The molecule has 0 amide bonds. The van der Waals surface area contributed by atoms with Crippen molar-refractivity contribution < 1.29 is 4.43 Å². The third-order valence-corrected chi connectivity index (χ3v) is 8.51. The molecule has 0 fully saturated rings. The van der Waals surface area contributed by atoms with Gasteiger partial charge in [-0.05, 0) is 30.6 Å². The molecule has 0 spiro atoms. The van der Waals surface area contributed by atoms with E-state index in [9.17, 15) is 0 Å². The van der Waals surface area contributed by atoms with Crippen molar-refractivity contribution in [3.63, 3.8) is 0 Å².